The molecule has 1 saturated heterocycles. The van der Waals surface area contributed by atoms with E-state index in [2.05, 4.69) is 33.9 Å². The molecule has 1 aliphatic carbocycles. The largest absolute Gasteiger partial charge is 0.394 e. The van der Waals surface area contributed by atoms with Gasteiger partial charge in [-0.25, -0.2) is 0 Å². The molecule has 4 N–H and O–H groups in total. The normalized spacial score (nSPS) is 30.4. The maximum atomic E-state index is 10.4. The summed E-state index contributed by atoms with van der Waals surface area (Å²) in [6, 6.07) is 11.9. The van der Waals surface area contributed by atoms with Crippen LogP contribution in [0.5, 0.6) is 0 Å². The number of fused-ring (bicyclic) bond motifs is 1. The van der Waals surface area contributed by atoms with E-state index < -0.39 is 37.1 Å². The van der Waals surface area contributed by atoms with E-state index in [9.17, 15) is 20.4 Å². The molecular formula is C21H25B2ClO5. The second-order valence-electron chi connectivity index (χ2n) is 8.83. The molecule has 0 aromatic heterocycles. The highest BCUT2D eigenvalue weighted by Crippen LogP contribution is 2.38. The Hall–Kier alpha value is -1.34. The molecule has 2 aromatic carbocycles. The van der Waals surface area contributed by atoms with Gasteiger partial charge in [-0.3, -0.25) is 0 Å². The van der Waals surface area contributed by atoms with Gasteiger partial charge < -0.3 is 25.2 Å². The average molecular weight is 415 g/mol. The zero-order valence-corrected chi connectivity index (χ0v) is 17.3. The van der Waals surface area contributed by atoms with Crippen molar-refractivity contribution in [1.29, 1.82) is 0 Å². The van der Waals surface area contributed by atoms with Gasteiger partial charge >= 0.3 is 0 Å². The summed E-state index contributed by atoms with van der Waals surface area (Å²) in [6.45, 7) is -0.451. The molecule has 29 heavy (non-hydrogen) atoms. The van der Waals surface area contributed by atoms with Gasteiger partial charge in [-0.2, -0.15) is 0 Å². The summed E-state index contributed by atoms with van der Waals surface area (Å²) in [5.41, 5.74) is 5.45. The fourth-order valence-corrected chi connectivity index (χ4v) is 4.72. The molecule has 0 amide bonds. The minimum absolute atomic E-state index is 0.245. The second kappa shape index (κ2) is 7.73. The van der Waals surface area contributed by atoms with Crippen LogP contribution in [0.25, 0.3) is 0 Å². The fraction of sp³-hybridized carbons (Fsp3) is 0.429. The first kappa shape index (κ1) is 20.9. The Bertz CT molecular complexity index is 920. The van der Waals surface area contributed by atoms with Crippen molar-refractivity contribution < 1.29 is 25.2 Å². The van der Waals surface area contributed by atoms with Gasteiger partial charge in [0.2, 0.25) is 0 Å². The van der Waals surface area contributed by atoms with Crippen molar-refractivity contribution in [3.05, 3.63) is 69.2 Å². The molecule has 152 valence electrons. The van der Waals surface area contributed by atoms with Crippen LogP contribution in [-0.4, -0.2) is 67.1 Å². The lowest BCUT2D eigenvalue weighted by atomic mass is 9.42. The van der Waals surface area contributed by atoms with Gasteiger partial charge in [0, 0.05) is 5.02 Å². The zero-order chi connectivity index (χ0) is 20.9. The van der Waals surface area contributed by atoms with Gasteiger partial charge in [-0.1, -0.05) is 52.7 Å². The molecule has 1 fully saturated rings. The summed E-state index contributed by atoms with van der Waals surface area (Å²) in [4.78, 5) is 0. The van der Waals surface area contributed by atoms with Crippen LogP contribution in [0.1, 0.15) is 33.9 Å². The van der Waals surface area contributed by atoms with Crippen LogP contribution >= 0.6 is 11.6 Å². The summed E-state index contributed by atoms with van der Waals surface area (Å²) in [7, 11) is 4.49. The van der Waals surface area contributed by atoms with Crippen LogP contribution in [-0.2, 0) is 22.8 Å². The van der Waals surface area contributed by atoms with Crippen molar-refractivity contribution >= 4 is 27.3 Å². The van der Waals surface area contributed by atoms with E-state index in [-0.39, 0.29) is 5.21 Å². The Morgan fingerprint density at radius 2 is 1.79 bits per heavy atom. The highest BCUT2D eigenvalue weighted by atomic mass is 35.5. The Labute approximate surface area is 177 Å². The second-order valence-corrected chi connectivity index (χ2v) is 9.24. The topological polar surface area (TPSA) is 90.2 Å². The molecule has 2 aromatic rings. The fourth-order valence-electron chi connectivity index (χ4n) is 4.53. The van der Waals surface area contributed by atoms with E-state index in [1.54, 1.807) is 12.1 Å². The van der Waals surface area contributed by atoms with Crippen molar-refractivity contribution in [2.45, 2.75) is 48.6 Å². The maximum absolute atomic E-state index is 10.4. The lowest BCUT2D eigenvalue weighted by molar-refractivity contribution is -0.231. The monoisotopic (exact) mass is 414 g/mol. The predicted octanol–water partition coefficient (Wildman–Crippen LogP) is -0.579. The Morgan fingerprint density at radius 3 is 2.45 bits per heavy atom. The Balaban J connectivity index is 1.59. The van der Waals surface area contributed by atoms with E-state index in [0.717, 1.165) is 17.5 Å². The summed E-state index contributed by atoms with van der Waals surface area (Å²) in [5, 5.41) is 40.7. The van der Waals surface area contributed by atoms with Gasteiger partial charge in [0.25, 0.3) is 0 Å². The van der Waals surface area contributed by atoms with Gasteiger partial charge in [-0.15, -0.1) is 0 Å². The van der Waals surface area contributed by atoms with E-state index >= 15 is 0 Å². The molecule has 1 aliphatic heterocycles. The molecule has 1 heterocycles. The minimum atomic E-state index is -1.40. The number of ether oxygens (including phenoxy) is 1. The van der Waals surface area contributed by atoms with Gasteiger partial charge in [0.1, 0.15) is 46.2 Å². The quantitative estimate of drug-likeness (QED) is 0.503. The molecule has 0 bridgehead atoms. The SMILES string of the molecule is BC1(B)Cc2cc(Cc3cc([C@@H]4O[C@H](CO)[C@@H](O)[C@H](O)[C@H]4O)ccc3Cl)ccc21. The molecule has 5 nitrogen and oxygen atoms in total. The number of hydrogen-bond acceptors (Lipinski definition) is 5. The van der Waals surface area contributed by atoms with Crippen LogP contribution in [0.3, 0.4) is 0 Å². The Kier molecular flexibility index (Phi) is 5.57. The zero-order valence-electron chi connectivity index (χ0n) is 16.5. The van der Waals surface area contributed by atoms with Crippen LogP contribution in [0.4, 0.5) is 0 Å². The number of aliphatic hydroxyl groups is 4. The Morgan fingerprint density at radius 1 is 1.03 bits per heavy atom. The van der Waals surface area contributed by atoms with Crippen LogP contribution < -0.4 is 0 Å². The lowest BCUT2D eigenvalue weighted by Crippen LogP contribution is -2.55. The molecule has 2 aliphatic rings. The molecule has 4 rings (SSSR count). The third kappa shape index (κ3) is 3.76. The molecule has 0 spiro atoms. The predicted molar refractivity (Wildman–Crippen MR) is 116 cm³/mol. The number of benzene rings is 2. The van der Waals surface area contributed by atoms with Crippen molar-refractivity contribution in [2.24, 2.45) is 0 Å². The first-order valence-corrected chi connectivity index (χ1v) is 10.3. The number of aliphatic hydroxyl groups excluding tert-OH is 4. The van der Waals surface area contributed by atoms with Gasteiger partial charge in [0.15, 0.2) is 0 Å². The molecule has 0 radical (unpaired) electrons. The molecule has 5 atom stereocenters. The number of halogens is 1. The van der Waals surface area contributed by atoms with Crippen molar-refractivity contribution in [3.8, 4) is 0 Å². The van der Waals surface area contributed by atoms with Crippen LogP contribution in [0.2, 0.25) is 5.02 Å². The highest BCUT2D eigenvalue weighted by Gasteiger charge is 2.44. The molecule has 8 heteroatoms. The molecule has 0 unspecified atom stereocenters. The molecule has 0 saturated carbocycles. The lowest BCUT2D eigenvalue weighted by Gasteiger charge is -2.40. The first-order valence-electron chi connectivity index (χ1n) is 9.92. The minimum Gasteiger partial charge on any atom is -0.394 e. The van der Waals surface area contributed by atoms with Gasteiger partial charge in [-0.05, 0) is 41.2 Å². The van der Waals surface area contributed by atoms with Crippen LogP contribution in [0.15, 0.2) is 36.4 Å². The number of rotatable bonds is 4. The van der Waals surface area contributed by atoms with E-state index in [1.807, 2.05) is 6.07 Å². The third-order valence-electron chi connectivity index (χ3n) is 6.22. The van der Waals surface area contributed by atoms with E-state index in [0.29, 0.717) is 17.0 Å². The summed E-state index contributed by atoms with van der Waals surface area (Å²) >= 11 is 6.43. The van der Waals surface area contributed by atoms with Crippen molar-refractivity contribution in [1.82, 2.24) is 0 Å². The summed E-state index contributed by atoms with van der Waals surface area (Å²) in [6.07, 6.45) is -4.17. The summed E-state index contributed by atoms with van der Waals surface area (Å²) in [5.74, 6) is 0. The molecular weight excluding hydrogens is 389 g/mol. The van der Waals surface area contributed by atoms with Crippen LogP contribution in [0, 0.1) is 0 Å². The van der Waals surface area contributed by atoms with E-state index in [1.165, 1.54) is 11.1 Å². The summed E-state index contributed by atoms with van der Waals surface area (Å²) < 4.78 is 5.68. The average Bonchev–Trinajstić information content (AvgIpc) is 2.67. The standard InChI is InChI=1S/C21H25B2ClO5/c22-21(23)8-13-6-10(1-3-14(13)21)5-12-7-11(2-4-15(12)24)20-19(28)18(27)17(26)16(9-25)29-20/h1-4,6-7,16-20,25-28H,5,8-9,22-23H2/t16-,17-,18+,19-,20+/m1/s1. The smallest absolute Gasteiger partial charge is 0.113 e. The highest BCUT2D eigenvalue weighted by molar-refractivity contribution is 6.41. The van der Waals surface area contributed by atoms with E-state index in [4.69, 9.17) is 16.3 Å². The maximum Gasteiger partial charge on any atom is 0.113 e. The van der Waals surface area contributed by atoms with Gasteiger partial charge in [0.05, 0.1) is 6.61 Å². The first-order chi connectivity index (χ1) is 13.7. The van der Waals surface area contributed by atoms with Crippen molar-refractivity contribution in [3.63, 3.8) is 0 Å². The number of hydrogen-bond donors (Lipinski definition) is 4. The van der Waals surface area contributed by atoms with Crippen molar-refractivity contribution in [2.75, 3.05) is 6.61 Å². The third-order valence-corrected chi connectivity index (χ3v) is 6.59.